The van der Waals surface area contributed by atoms with Crippen molar-refractivity contribution >= 4 is 10.9 Å². The van der Waals surface area contributed by atoms with E-state index in [1.807, 2.05) is 0 Å². The van der Waals surface area contributed by atoms with E-state index in [9.17, 15) is 13.2 Å². The average Bonchev–Trinajstić information content (AvgIpc) is 2.93. The second kappa shape index (κ2) is 6.16. The van der Waals surface area contributed by atoms with Crippen molar-refractivity contribution in [3.8, 4) is 17.0 Å². The van der Waals surface area contributed by atoms with Gasteiger partial charge in [-0.05, 0) is 30.3 Å². The molecule has 0 bridgehead atoms. The van der Waals surface area contributed by atoms with Gasteiger partial charge in [0.2, 0.25) is 0 Å². The Hall–Kier alpha value is -2.54. The van der Waals surface area contributed by atoms with Crippen molar-refractivity contribution in [3.05, 3.63) is 48.0 Å². The number of ether oxygens (including phenoxy) is 1. The molecule has 0 saturated heterocycles. The lowest BCUT2D eigenvalue weighted by atomic mass is 10.0. The molecule has 2 aromatic carbocycles. The first-order valence-electron chi connectivity index (χ1n) is 7.27. The zero-order chi connectivity index (χ0) is 17.3. The SMILES string of the molecule is COc1ccc(-c2nn(CCO)c3c(C(F)(F)F)cccc23)cc1. The van der Waals surface area contributed by atoms with Crippen LogP contribution in [0.4, 0.5) is 13.2 Å². The third-order valence-corrected chi connectivity index (χ3v) is 3.75. The maximum atomic E-state index is 13.3. The normalized spacial score (nSPS) is 11.9. The molecule has 1 heterocycles. The molecule has 0 aliphatic heterocycles. The van der Waals surface area contributed by atoms with Crippen LogP contribution >= 0.6 is 0 Å². The first-order valence-corrected chi connectivity index (χ1v) is 7.27. The molecule has 0 saturated carbocycles. The molecule has 0 aliphatic carbocycles. The fourth-order valence-electron chi connectivity index (χ4n) is 2.68. The number of rotatable bonds is 4. The van der Waals surface area contributed by atoms with Gasteiger partial charge in [0, 0.05) is 10.9 Å². The number of fused-ring (bicyclic) bond motifs is 1. The van der Waals surface area contributed by atoms with Crippen LogP contribution in [0.2, 0.25) is 0 Å². The lowest BCUT2D eigenvalue weighted by molar-refractivity contribution is -0.136. The van der Waals surface area contributed by atoms with Gasteiger partial charge in [-0.1, -0.05) is 12.1 Å². The number of hydrogen-bond acceptors (Lipinski definition) is 3. The van der Waals surface area contributed by atoms with Crippen LogP contribution < -0.4 is 4.74 Å². The maximum Gasteiger partial charge on any atom is 0.418 e. The second-order valence-corrected chi connectivity index (χ2v) is 5.22. The summed E-state index contributed by atoms with van der Waals surface area (Å²) in [5.74, 6) is 0.647. The van der Waals surface area contributed by atoms with Crippen molar-refractivity contribution in [2.45, 2.75) is 12.7 Å². The van der Waals surface area contributed by atoms with Crippen LogP contribution in [0.3, 0.4) is 0 Å². The van der Waals surface area contributed by atoms with Crippen molar-refractivity contribution in [1.82, 2.24) is 9.78 Å². The first kappa shape index (κ1) is 16.3. The molecule has 0 atom stereocenters. The molecule has 3 rings (SSSR count). The molecule has 1 aromatic heterocycles. The van der Waals surface area contributed by atoms with Gasteiger partial charge in [0.05, 0.1) is 31.3 Å². The maximum absolute atomic E-state index is 13.3. The molecular weight excluding hydrogens is 321 g/mol. The number of alkyl halides is 3. The molecule has 0 spiro atoms. The lowest BCUT2D eigenvalue weighted by Gasteiger charge is -2.10. The number of nitrogens with zero attached hydrogens (tertiary/aromatic N) is 2. The summed E-state index contributed by atoms with van der Waals surface area (Å²) in [4.78, 5) is 0. The number of halogens is 3. The molecule has 1 N–H and O–H groups in total. The summed E-state index contributed by atoms with van der Waals surface area (Å²) in [6.07, 6.45) is -4.50. The van der Waals surface area contributed by atoms with E-state index < -0.39 is 11.7 Å². The number of benzene rings is 2. The monoisotopic (exact) mass is 336 g/mol. The zero-order valence-electron chi connectivity index (χ0n) is 12.8. The van der Waals surface area contributed by atoms with Gasteiger partial charge < -0.3 is 9.84 Å². The Balaban J connectivity index is 2.25. The van der Waals surface area contributed by atoms with Gasteiger partial charge in [-0.15, -0.1) is 0 Å². The topological polar surface area (TPSA) is 47.3 Å². The van der Waals surface area contributed by atoms with Gasteiger partial charge in [0.15, 0.2) is 0 Å². The fraction of sp³-hybridized carbons (Fsp3) is 0.235. The average molecular weight is 336 g/mol. The van der Waals surface area contributed by atoms with Gasteiger partial charge in [-0.25, -0.2) is 0 Å². The van der Waals surface area contributed by atoms with Crippen LogP contribution in [0.25, 0.3) is 22.2 Å². The summed E-state index contributed by atoms with van der Waals surface area (Å²) in [5, 5.41) is 13.8. The standard InChI is InChI=1S/C17H15F3N2O2/c1-24-12-7-5-11(6-8-12)15-13-3-2-4-14(17(18,19)20)16(13)22(21-15)9-10-23/h2-8,23H,9-10H2,1H3. The van der Waals surface area contributed by atoms with E-state index in [-0.39, 0.29) is 18.7 Å². The Bertz CT molecular complexity index is 855. The third kappa shape index (κ3) is 2.82. The molecule has 24 heavy (non-hydrogen) atoms. The molecule has 4 nitrogen and oxygen atoms in total. The van der Waals surface area contributed by atoms with E-state index in [4.69, 9.17) is 9.84 Å². The van der Waals surface area contributed by atoms with Crippen molar-refractivity contribution in [3.63, 3.8) is 0 Å². The van der Waals surface area contributed by atoms with E-state index in [1.54, 1.807) is 30.3 Å². The Morgan fingerprint density at radius 1 is 1.12 bits per heavy atom. The van der Waals surface area contributed by atoms with Crippen molar-refractivity contribution in [2.24, 2.45) is 0 Å². The number of hydrogen-bond donors (Lipinski definition) is 1. The third-order valence-electron chi connectivity index (χ3n) is 3.75. The highest BCUT2D eigenvalue weighted by Crippen LogP contribution is 2.38. The van der Waals surface area contributed by atoms with Gasteiger partial charge >= 0.3 is 6.18 Å². The minimum atomic E-state index is -4.50. The van der Waals surface area contributed by atoms with Crippen molar-refractivity contribution in [2.75, 3.05) is 13.7 Å². The number of aromatic nitrogens is 2. The van der Waals surface area contributed by atoms with Crippen LogP contribution in [-0.4, -0.2) is 28.6 Å². The van der Waals surface area contributed by atoms with Crippen molar-refractivity contribution in [1.29, 1.82) is 0 Å². The Kier molecular flexibility index (Phi) is 4.19. The summed E-state index contributed by atoms with van der Waals surface area (Å²) < 4.78 is 46.3. The Morgan fingerprint density at radius 3 is 2.42 bits per heavy atom. The van der Waals surface area contributed by atoms with Crippen LogP contribution in [0, 0.1) is 0 Å². The van der Waals surface area contributed by atoms with E-state index in [0.717, 1.165) is 6.07 Å². The van der Waals surface area contributed by atoms with Gasteiger partial charge in [-0.2, -0.15) is 18.3 Å². The predicted molar refractivity (Wildman–Crippen MR) is 83.8 cm³/mol. The van der Waals surface area contributed by atoms with Gasteiger partial charge in [0.1, 0.15) is 11.4 Å². The minimum Gasteiger partial charge on any atom is -0.497 e. The molecule has 126 valence electrons. The quantitative estimate of drug-likeness (QED) is 0.790. The van der Waals surface area contributed by atoms with E-state index in [1.165, 1.54) is 17.9 Å². The molecule has 0 unspecified atom stereocenters. The van der Waals surface area contributed by atoms with E-state index in [2.05, 4.69) is 5.10 Å². The van der Waals surface area contributed by atoms with Crippen LogP contribution in [0.15, 0.2) is 42.5 Å². The lowest BCUT2D eigenvalue weighted by Crippen LogP contribution is -2.11. The Labute approximate surface area is 136 Å². The second-order valence-electron chi connectivity index (χ2n) is 5.22. The van der Waals surface area contributed by atoms with E-state index in [0.29, 0.717) is 22.4 Å². The summed E-state index contributed by atoms with van der Waals surface area (Å²) >= 11 is 0. The highest BCUT2D eigenvalue weighted by molar-refractivity contribution is 5.95. The summed E-state index contributed by atoms with van der Waals surface area (Å²) in [7, 11) is 1.54. The molecule has 0 radical (unpaired) electrons. The highest BCUT2D eigenvalue weighted by atomic mass is 19.4. The minimum absolute atomic E-state index is 0.0141. The molecule has 0 amide bonds. The number of aliphatic hydroxyl groups is 1. The summed E-state index contributed by atoms with van der Waals surface area (Å²) in [6, 6.07) is 10.9. The Morgan fingerprint density at radius 2 is 1.83 bits per heavy atom. The molecule has 3 aromatic rings. The summed E-state index contributed by atoms with van der Waals surface area (Å²) in [6.45, 7) is -0.315. The van der Waals surface area contributed by atoms with E-state index >= 15 is 0 Å². The fourth-order valence-corrected chi connectivity index (χ4v) is 2.68. The highest BCUT2D eigenvalue weighted by Gasteiger charge is 2.34. The van der Waals surface area contributed by atoms with Gasteiger partial charge in [-0.3, -0.25) is 4.68 Å². The smallest absolute Gasteiger partial charge is 0.418 e. The zero-order valence-corrected chi connectivity index (χ0v) is 12.8. The molecular formula is C17H15F3N2O2. The first-order chi connectivity index (χ1) is 11.5. The molecule has 7 heteroatoms. The number of para-hydroxylation sites is 1. The molecule has 0 fully saturated rings. The largest absolute Gasteiger partial charge is 0.497 e. The predicted octanol–water partition coefficient (Wildman–Crippen LogP) is 3.72. The number of methoxy groups -OCH3 is 1. The van der Waals surface area contributed by atoms with Crippen molar-refractivity contribution < 1.29 is 23.0 Å². The van der Waals surface area contributed by atoms with Gasteiger partial charge in [0.25, 0.3) is 0 Å². The van der Waals surface area contributed by atoms with Crippen LogP contribution in [0.5, 0.6) is 5.75 Å². The number of aliphatic hydroxyl groups excluding tert-OH is 1. The van der Waals surface area contributed by atoms with Crippen LogP contribution in [0.1, 0.15) is 5.56 Å². The van der Waals surface area contributed by atoms with Crippen LogP contribution in [-0.2, 0) is 12.7 Å². The summed E-state index contributed by atoms with van der Waals surface area (Å²) in [5.41, 5.74) is 0.328. The molecule has 0 aliphatic rings.